The summed E-state index contributed by atoms with van der Waals surface area (Å²) in [4.78, 5) is 10.9. The van der Waals surface area contributed by atoms with Crippen LogP contribution in [0.5, 0.6) is 0 Å². The molecule has 0 fully saturated rings. The van der Waals surface area contributed by atoms with E-state index >= 15 is 0 Å². The molecule has 1 aliphatic heterocycles. The maximum Gasteiger partial charge on any atom is 0.505 e. The number of nitrogens with one attached hydrogen (secondary N) is 1. The molecule has 7 heteroatoms. The molecule has 70 valence electrons. The molecule has 2 rings (SSSR count). The van der Waals surface area contributed by atoms with Crippen LogP contribution in [-0.2, 0) is 12.8 Å². The van der Waals surface area contributed by atoms with Gasteiger partial charge in [0.05, 0.1) is 6.20 Å². The summed E-state index contributed by atoms with van der Waals surface area (Å²) in [6.07, 6.45) is -3.59. The Morgan fingerprint density at radius 2 is 2.23 bits per heavy atom. The molecule has 0 spiro atoms. The van der Waals surface area contributed by atoms with Gasteiger partial charge in [-0.3, -0.25) is 4.79 Å². The van der Waals surface area contributed by atoms with Crippen molar-refractivity contribution in [2.24, 2.45) is 0 Å². The first kappa shape index (κ1) is 8.09. The smallest absolute Gasteiger partial charge is 0.346 e. The number of alkyl halides is 3. The zero-order valence-corrected chi connectivity index (χ0v) is 6.22. The van der Waals surface area contributed by atoms with Gasteiger partial charge in [0, 0.05) is 12.1 Å². The SMILES string of the molecule is O=C1NCc2cnn(C(F)(F)F)c21. The monoisotopic (exact) mass is 191 g/mol. The number of carbonyl (C=O) groups excluding carboxylic acids is 1. The van der Waals surface area contributed by atoms with Gasteiger partial charge in [0.2, 0.25) is 0 Å². The summed E-state index contributed by atoms with van der Waals surface area (Å²) in [6, 6.07) is 0. The molecule has 0 unspecified atom stereocenters. The van der Waals surface area contributed by atoms with Crippen LogP contribution in [0.4, 0.5) is 13.2 Å². The van der Waals surface area contributed by atoms with Gasteiger partial charge in [0.25, 0.3) is 5.91 Å². The number of aromatic nitrogens is 2. The van der Waals surface area contributed by atoms with E-state index in [0.29, 0.717) is 0 Å². The van der Waals surface area contributed by atoms with Crippen LogP contribution in [0.3, 0.4) is 0 Å². The van der Waals surface area contributed by atoms with E-state index in [4.69, 9.17) is 0 Å². The van der Waals surface area contributed by atoms with Crippen molar-refractivity contribution >= 4 is 5.91 Å². The molecule has 1 amide bonds. The normalized spacial score (nSPS) is 15.8. The third-order valence-electron chi connectivity index (χ3n) is 1.74. The van der Waals surface area contributed by atoms with Crippen LogP contribution >= 0.6 is 0 Å². The zero-order valence-electron chi connectivity index (χ0n) is 6.22. The lowest BCUT2D eigenvalue weighted by atomic mass is 10.3. The van der Waals surface area contributed by atoms with Gasteiger partial charge in [0.1, 0.15) is 5.69 Å². The number of hydrogen-bond acceptors (Lipinski definition) is 2. The van der Waals surface area contributed by atoms with E-state index in [1.807, 2.05) is 0 Å². The number of amides is 1. The fourth-order valence-corrected chi connectivity index (χ4v) is 1.21. The average Bonchev–Trinajstić information content (AvgIpc) is 2.51. The lowest BCUT2D eigenvalue weighted by Crippen LogP contribution is -2.25. The highest BCUT2D eigenvalue weighted by atomic mass is 19.4. The van der Waals surface area contributed by atoms with E-state index in [9.17, 15) is 18.0 Å². The lowest BCUT2D eigenvalue weighted by Gasteiger charge is -2.07. The standard InChI is InChI=1S/C6H4F3N3O/c7-6(8,9)12-4-3(2-11-12)1-10-5(4)13/h2H,1H2,(H,10,13). The minimum absolute atomic E-state index is 0.115. The molecule has 0 atom stereocenters. The molecule has 13 heavy (non-hydrogen) atoms. The Morgan fingerprint density at radius 1 is 1.54 bits per heavy atom. The van der Waals surface area contributed by atoms with Gasteiger partial charge in [-0.05, 0) is 0 Å². The second kappa shape index (κ2) is 2.24. The van der Waals surface area contributed by atoms with E-state index in [1.54, 1.807) is 0 Å². The van der Waals surface area contributed by atoms with E-state index in [2.05, 4.69) is 10.4 Å². The second-order valence-corrected chi connectivity index (χ2v) is 2.58. The van der Waals surface area contributed by atoms with E-state index in [-0.39, 0.29) is 16.8 Å². The van der Waals surface area contributed by atoms with E-state index in [0.717, 1.165) is 6.20 Å². The van der Waals surface area contributed by atoms with Crippen LogP contribution in [0.15, 0.2) is 6.20 Å². The summed E-state index contributed by atoms with van der Waals surface area (Å²) >= 11 is 0. The second-order valence-electron chi connectivity index (χ2n) is 2.58. The van der Waals surface area contributed by atoms with Gasteiger partial charge in [0.15, 0.2) is 0 Å². The molecule has 1 aliphatic rings. The predicted molar refractivity (Wildman–Crippen MR) is 34.7 cm³/mol. The number of carbonyl (C=O) groups is 1. The number of rotatable bonds is 0. The minimum Gasteiger partial charge on any atom is -0.346 e. The maximum atomic E-state index is 12.2. The Morgan fingerprint density at radius 3 is 2.85 bits per heavy atom. The molecule has 0 saturated carbocycles. The Hall–Kier alpha value is -1.53. The van der Waals surface area contributed by atoms with Crippen LogP contribution in [0.2, 0.25) is 0 Å². The summed E-state index contributed by atoms with van der Waals surface area (Å²) < 4.78 is 36.3. The van der Waals surface area contributed by atoms with Gasteiger partial charge in [-0.15, -0.1) is 13.2 Å². The fraction of sp³-hybridized carbons (Fsp3) is 0.333. The molecule has 4 nitrogen and oxygen atoms in total. The van der Waals surface area contributed by atoms with Crippen LogP contribution in [-0.4, -0.2) is 15.7 Å². The molecule has 0 bridgehead atoms. The molecule has 0 aromatic carbocycles. The largest absolute Gasteiger partial charge is 0.505 e. The van der Waals surface area contributed by atoms with E-state index in [1.165, 1.54) is 0 Å². The van der Waals surface area contributed by atoms with E-state index < -0.39 is 17.9 Å². The number of fused-ring (bicyclic) bond motifs is 1. The average molecular weight is 191 g/mol. The van der Waals surface area contributed by atoms with Gasteiger partial charge < -0.3 is 5.32 Å². The molecule has 0 radical (unpaired) electrons. The van der Waals surface area contributed by atoms with Crippen molar-refractivity contribution in [2.75, 3.05) is 0 Å². The third kappa shape index (κ3) is 1.07. The van der Waals surface area contributed by atoms with Crippen LogP contribution in [0.1, 0.15) is 16.1 Å². The summed E-state index contributed by atoms with van der Waals surface area (Å²) in [5.74, 6) is -0.732. The van der Waals surface area contributed by atoms with Crippen molar-refractivity contribution in [1.29, 1.82) is 0 Å². The van der Waals surface area contributed by atoms with Crippen LogP contribution in [0, 0.1) is 0 Å². The van der Waals surface area contributed by atoms with Crippen molar-refractivity contribution in [1.82, 2.24) is 15.1 Å². The molecule has 1 N–H and O–H groups in total. The zero-order chi connectivity index (χ0) is 9.64. The molecular formula is C6H4F3N3O. The Labute approximate surface area is 70.3 Å². The molecular weight excluding hydrogens is 187 g/mol. The topological polar surface area (TPSA) is 46.9 Å². The summed E-state index contributed by atoms with van der Waals surface area (Å²) in [5, 5.41) is 5.37. The van der Waals surface area contributed by atoms with Gasteiger partial charge >= 0.3 is 6.30 Å². The third-order valence-corrected chi connectivity index (χ3v) is 1.74. The van der Waals surface area contributed by atoms with Crippen molar-refractivity contribution in [3.63, 3.8) is 0 Å². The Balaban J connectivity index is 2.56. The van der Waals surface area contributed by atoms with Crippen molar-refractivity contribution in [3.05, 3.63) is 17.5 Å². The maximum absolute atomic E-state index is 12.2. The molecule has 0 saturated heterocycles. The number of hydrogen-bond donors (Lipinski definition) is 1. The molecule has 1 aromatic heterocycles. The van der Waals surface area contributed by atoms with Crippen LogP contribution in [0.25, 0.3) is 0 Å². The summed E-state index contributed by atoms with van der Waals surface area (Å²) in [7, 11) is 0. The first-order valence-electron chi connectivity index (χ1n) is 3.42. The first-order valence-corrected chi connectivity index (χ1v) is 3.42. The highest BCUT2D eigenvalue weighted by Crippen LogP contribution is 2.26. The van der Waals surface area contributed by atoms with Gasteiger partial charge in [-0.1, -0.05) is 0 Å². The summed E-state index contributed by atoms with van der Waals surface area (Å²) in [6.45, 7) is 0.115. The highest BCUT2D eigenvalue weighted by molar-refractivity contribution is 5.96. The van der Waals surface area contributed by atoms with Crippen molar-refractivity contribution in [2.45, 2.75) is 12.8 Å². The Kier molecular flexibility index (Phi) is 1.39. The molecule has 2 heterocycles. The summed E-state index contributed by atoms with van der Waals surface area (Å²) in [5.41, 5.74) is -0.130. The number of halogens is 3. The Bertz CT molecular complexity index is 368. The van der Waals surface area contributed by atoms with Crippen molar-refractivity contribution < 1.29 is 18.0 Å². The quantitative estimate of drug-likeness (QED) is 0.652. The highest BCUT2D eigenvalue weighted by Gasteiger charge is 2.39. The first-order chi connectivity index (χ1) is 6.00. The lowest BCUT2D eigenvalue weighted by molar-refractivity contribution is -0.212. The molecule has 1 aromatic rings. The number of nitrogens with zero attached hydrogens (tertiary/aromatic N) is 2. The fourth-order valence-electron chi connectivity index (χ4n) is 1.21. The molecule has 0 aliphatic carbocycles. The van der Waals surface area contributed by atoms with Gasteiger partial charge in [-0.25, -0.2) is 0 Å². The van der Waals surface area contributed by atoms with Gasteiger partial charge in [-0.2, -0.15) is 9.78 Å². The van der Waals surface area contributed by atoms with Crippen molar-refractivity contribution in [3.8, 4) is 0 Å². The minimum atomic E-state index is -4.63. The predicted octanol–water partition coefficient (Wildman–Crippen LogP) is 0.603. The van der Waals surface area contributed by atoms with Crippen LogP contribution < -0.4 is 5.32 Å².